The average Bonchev–Trinajstić information content (AvgIpc) is 3.18. The Morgan fingerprint density at radius 3 is 2.41 bits per heavy atom. The fourth-order valence-corrected chi connectivity index (χ4v) is 4.88. The van der Waals surface area contributed by atoms with Crippen LogP contribution in [0.25, 0.3) is 11.1 Å². The molecule has 194 valence electrons. The molecule has 2 aromatic carbocycles. The van der Waals surface area contributed by atoms with Crippen molar-refractivity contribution in [2.45, 2.75) is 24.4 Å². The topological polar surface area (TPSA) is 108 Å². The van der Waals surface area contributed by atoms with E-state index in [4.69, 9.17) is 0 Å². The number of aromatic nitrogens is 1. The van der Waals surface area contributed by atoms with Crippen LogP contribution in [-0.2, 0) is 26.6 Å². The smallest absolute Gasteiger partial charge is 0.326 e. The molecule has 1 aromatic heterocycles. The highest BCUT2D eigenvalue weighted by Crippen LogP contribution is 2.30. The Kier molecular flexibility index (Phi) is 7.21. The van der Waals surface area contributed by atoms with E-state index in [1.807, 2.05) is 12.1 Å². The first kappa shape index (κ1) is 26.1. The summed E-state index contributed by atoms with van der Waals surface area (Å²) in [6, 6.07) is 14.6. The van der Waals surface area contributed by atoms with Crippen molar-refractivity contribution in [3.05, 3.63) is 78.1 Å². The minimum atomic E-state index is -4.59. The lowest BCUT2D eigenvalue weighted by molar-refractivity contribution is -0.141. The number of urea groups is 1. The molecule has 0 radical (unpaired) electrons. The van der Waals surface area contributed by atoms with Gasteiger partial charge in [-0.3, -0.25) is 4.79 Å². The summed E-state index contributed by atoms with van der Waals surface area (Å²) in [4.78, 5) is 30.0. The van der Waals surface area contributed by atoms with Crippen molar-refractivity contribution in [3.63, 3.8) is 0 Å². The number of anilines is 2. The van der Waals surface area contributed by atoms with E-state index in [1.165, 1.54) is 11.2 Å². The van der Waals surface area contributed by atoms with Gasteiger partial charge in [-0.25, -0.2) is 18.2 Å². The van der Waals surface area contributed by atoms with Crippen LogP contribution in [-0.4, -0.2) is 44.2 Å². The summed E-state index contributed by atoms with van der Waals surface area (Å²) in [6.07, 6.45) is -2.17. The third-order valence-electron chi connectivity index (χ3n) is 5.75. The number of pyridine rings is 1. The second-order valence-corrected chi connectivity index (χ2v) is 10.8. The molecule has 4 rings (SSSR count). The second kappa shape index (κ2) is 10.2. The zero-order valence-corrected chi connectivity index (χ0v) is 20.4. The molecule has 0 unspecified atom stereocenters. The molecule has 3 aromatic rings. The number of hydrogen-bond donors (Lipinski definition) is 2. The van der Waals surface area contributed by atoms with Crippen LogP contribution in [0.2, 0.25) is 0 Å². The molecule has 8 nitrogen and oxygen atoms in total. The Morgan fingerprint density at radius 1 is 1.08 bits per heavy atom. The maximum absolute atomic E-state index is 12.9. The van der Waals surface area contributed by atoms with Gasteiger partial charge in [-0.15, -0.1) is 0 Å². The van der Waals surface area contributed by atoms with E-state index >= 15 is 0 Å². The number of carbonyl (C=O) groups excluding carboxylic acids is 2. The summed E-state index contributed by atoms with van der Waals surface area (Å²) in [5, 5.41) is 4.92. The molecule has 12 heteroatoms. The summed E-state index contributed by atoms with van der Waals surface area (Å²) in [5.74, 6) is -0.418. The molecule has 3 amide bonds. The Labute approximate surface area is 211 Å². The van der Waals surface area contributed by atoms with Gasteiger partial charge in [-0.1, -0.05) is 36.4 Å². The molecule has 1 saturated heterocycles. The van der Waals surface area contributed by atoms with Crippen molar-refractivity contribution < 1.29 is 31.2 Å². The van der Waals surface area contributed by atoms with Crippen LogP contribution in [0.4, 0.5) is 29.3 Å². The van der Waals surface area contributed by atoms with E-state index in [0.717, 1.165) is 29.5 Å². The number of hydrogen-bond acceptors (Lipinski definition) is 5. The molecule has 0 aliphatic carbocycles. The number of sulfone groups is 1. The number of nitrogens with zero attached hydrogens (tertiary/aromatic N) is 2. The Hall–Kier alpha value is -3.93. The average molecular weight is 533 g/mol. The number of amides is 3. The number of halogens is 3. The first-order valence-corrected chi connectivity index (χ1v) is 13.2. The molecule has 1 atom stereocenters. The zero-order chi connectivity index (χ0) is 26.8. The van der Waals surface area contributed by atoms with E-state index in [9.17, 15) is 31.2 Å². The highest BCUT2D eigenvalue weighted by molar-refractivity contribution is 7.89. The van der Waals surface area contributed by atoms with Crippen LogP contribution in [0.15, 0.2) is 66.9 Å². The SMILES string of the molecule is CS(=O)(=O)Cc1ccccc1-c1ccc(N2CC[C@@H](NC(=O)Nc3ccc(C(F)(F)F)nc3)C2=O)cc1. The van der Waals surface area contributed by atoms with Crippen LogP contribution in [0.5, 0.6) is 0 Å². The van der Waals surface area contributed by atoms with Crippen LogP contribution in [0.1, 0.15) is 17.7 Å². The predicted octanol–water partition coefficient (Wildman–Crippen LogP) is 4.24. The van der Waals surface area contributed by atoms with Gasteiger partial charge >= 0.3 is 12.2 Å². The lowest BCUT2D eigenvalue weighted by atomic mass is 10.0. The van der Waals surface area contributed by atoms with Gasteiger partial charge in [-0.05, 0) is 47.4 Å². The highest BCUT2D eigenvalue weighted by atomic mass is 32.2. The van der Waals surface area contributed by atoms with Crippen molar-refractivity contribution >= 4 is 33.2 Å². The molecular formula is C25H23F3N4O4S. The minimum Gasteiger partial charge on any atom is -0.326 e. The third kappa shape index (κ3) is 6.45. The largest absolute Gasteiger partial charge is 0.433 e. The Bertz CT molecular complexity index is 1410. The molecule has 1 fully saturated rings. The van der Waals surface area contributed by atoms with Gasteiger partial charge in [0.05, 0.1) is 17.6 Å². The molecule has 1 aliphatic heterocycles. The van der Waals surface area contributed by atoms with Crippen molar-refractivity contribution in [2.75, 3.05) is 23.0 Å². The monoisotopic (exact) mass is 532 g/mol. The lowest BCUT2D eigenvalue weighted by Gasteiger charge is -2.18. The normalized spacial score (nSPS) is 16.1. The van der Waals surface area contributed by atoms with Crippen LogP contribution in [0, 0.1) is 0 Å². The summed E-state index contributed by atoms with van der Waals surface area (Å²) >= 11 is 0. The number of rotatable bonds is 6. The molecule has 0 bridgehead atoms. The van der Waals surface area contributed by atoms with Gasteiger partial charge in [0, 0.05) is 18.5 Å². The van der Waals surface area contributed by atoms with Crippen LogP contribution < -0.4 is 15.5 Å². The van der Waals surface area contributed by atoms with Gasteiger partial charge in [-0.2, -0.15) is 13.2 Å². The lowest BCUT2D eigenvalue weighted by Crippen LogP contribution is -2.43. The van der Waals surface area contributed by atoms with Crippen molar-refractivity contribution in [2.24, 2.45) is 0 Å². The third-order valence-corrected chi connectivity index (χ3v) is 6.58. The van der Waals surface area contributed by atoms with Crippen LogP contribution >= 0.6 is 0 Å². The molecule has 0 spiro atoms. The van der Waals surface area contributed by atoms with Gasteiger partial charge in [0.2, 0.25) is 5.91 Å². The van der Waals surface area contributed by atoms with Gasteiger partial charge in [0.25, 0.3) is 0 Å². The number of carbonyl (C=O) groups is 2. The second-order valence-electron chi connectivity index (χ2n) is 8.63. The van der Waals surface area contributed by atoms with Gasteiger partial charge < -0.3 is 15.5 Å². The van der Waals surface area contributed by atoms with Gasteiger partial charge in [0.1, 0.15) is 11.7 Å². The van der Waals surface area contributed by atoms with E-state index in [-0.39, 0.29) is 17.3 Å². The zero-order valence-electron chi connectivity index (χ0n) is 19.6. The summed E-state index contributed by atoms with van der Waals surface area (Å²) in [6.45, 7) is 0.357. The fraction of sp³-hybridized carbons (Fsp3) is 0.240. The summed E-state index contributed by atoms with van der Waals surface area (Å²) < 4.78 is 61.5. The maximum Gasteiger partial charge on any atom is 0.433 e. The van der Waals surface area contributed by atoms with E-state index in [2.05, 4.69) is 15.6 Å². The Morgan fingerprint density at radius 2 is 1.78 bits per heavy atom. The predicted molar refractivity (Wildman–Crippen MR) is 133 cm³/mol. The standard InChI is InChI=1S/C25H23F3N4O4S/c1-37(35,36)15-17-4-2-3-5-20(17)16-6-9-19(10-7-16)32-13-12-21(23(32)33)31-24(34)30-18-8-11-22(29-14-18)25(26,27)28/h2-11,14,21H,12-13,15H2,1H3,(H2,30,31,34)/t21-/m1/s1. The molecule has 0 saturated carbocycles. The summed E-state index contributed by atoms with van der Waals surface area (Å²) in [7, 11) is -3.22. The molecule has 37 heavy (non-hydrogen) atoms. The quantitative estimate of drug-likeness (QED) is 0.494. The van der Waals surface area contributed by atoms with E-state index in [1.54, 1.807) is 36.4 Å². The molecule has 2 N–H and O–H groups in total. The van der Waals surface area contributed by atoms with Crippen molar-refractivity contribution in [1.29, 1.82) is 0 Å². The number of nitrogens with one attached hydrogen (secondary N) is 2. The molecule has 2 heterocycles. The molecule has 1 aliphatic rings. The fourth-order valence-electron chi connectivity index (χ4n) is 4.06. The van der Waals surface area contributed by atoms with E-state index < -0.39 is 33.8 Å². The van der Waals surface area contributed by atoms with Crippen molar-refractivity contribution in [3.8, 4) is 11.1 Å². The number of benzene rings is 2. The maximum atomic E-state index is 12.9. The first-order valence-electron chi connectivity index (χ1n) is 11.2. The van der Waals surface area contributed by atoms with E-state index in [0.29, 0.717) is 24.2 Å². The highest BCUT2D eigenvalue weighted by Gasteiger charge is 2.34. The van der Waals surface area contributed by atoms with Gasteiger partial charge in [0.15, 0.2) is 9.84 Å². The number of alkyl halides is 3. The Balaban J connectivity index is 1.39. The summed E-state index contributed by atoms with van der Waals surface area (Å²) in [5.41, 5.74) is 1.85. The first-order chi connectivity index (χ1) is 17.4. The van der Waals surface area contributed by atoms with Crippen molar-refractivity contribution in [1.82, 2.24) is 10.3 Å². The molecular weight excluding hydrogens is 509 g/mol. The van der Waals surface area contributed by atoms with Crippen LogP contribution in [0.3, 0.4) is 0 Å². The minimum absolute atomic E-state index is 0.0551.